The molecule has 0 amide bonds. The molecule has 4 aromatic rings. The number of hydrogen-bond donors (Lipinski definition) is 0. The first kappa shape index (κ1) is 27.0. The van der Waals surface area contributed by atoms with Gasteiger partial charge in [-0.25, -0.2) is 0 Å². The zero-order valence-corrected chi connectivity index (χ0v) is 17.3. The number of rotatable bonds is 0. The molecule has 4 rings (SSSR count). The van der Waals surface area contributed by atoms with Crippen LogP contribution in [-0.4, -0.2) is 0 Å². The summed E-state index contributed by atoms with van der Waals surface area (Å²) in [5.74, 6) is 0. The Labute approximate surface area is 171 Å². The van der Waals surface area contributed by atoms with Crippen molar-refractivity contribution in [3.63, 3.8) is 0 Å². The van der Waals surface area contributed by atoms with E-state index in [9.17, 15) is 0 Å². The van der Waals surface area contributed by atoms with Crippen LogP contribution in [0.25, 0.3) is 21.5 Å². The van der Waals surface area contributed by atoms with Crippen LogP contribution >= 0.6 is 0 Å². The summed E-state index contributed by atoms with van der Waals surface area (Å²) in [5.41, 5.74) is 0. The second-order valence-electron chi connectivity index (χ2n) is 4.31. The number of fused-ring (bicyclic) bond motifs is 2. The van der Waals surface area contributed by atoms with Crippen LogP contribution in [0.15, 0.2) is 84.9 Å². The minimum absolute atomic E-state index is 0. The van der Waals surface area contributed by atoms with Gasteiger partial charge in [0.1, 0.15) is 0 Å². The molecule has 0 nitrogen and oxygen atoms in total. The van der Waals surface area contributed by atoms with Crippen LogP contribution < -0.4 is 24.8 Å². The van der Waals surface area contributed by atoms with Crippen LogP contribution in [0.4, 0.5) is 0 Å². The third-order valence-electron chi connectivity index (χ3n) is 3.10. The molecule has 0 fully saturated rings. The number of hydrogen-bond acceptors (Lipinski definition) is 0. The van der Waals surface area contributed by atoms with Gasteiger partial charge in [-0.2, -0.15) is 35.0 Å². The molecular formula is C20H20Cl2Zr-4. The molecule has 0 aliphatic heterocycles. The van der Waals surface area contributed by atoms with Gasteiger partial charge in [-0.15, -0.1) is 59.3 Å². The second kappa shape index (κ2) is 13.6. The Morgan fingerprint density at radius 2 is 0.870 bits per heavy atom. The second-order valence-corrected chi connectivity index (χ2v) is 4.31. The van der Waals surface area contributed by atoms with Gasteiger partial charge in [-0.1, -0.05) is 12.1 Å². The molecule has 0 N–H and O–H groups in total. The van der Waals surface area contributed by atoms with Crippen LogP contribution in [0, 0.1) is 14.9 Å². The van der Waals surface area contributed by atoms with Gasteiger partial charge in [-0.05, 0) is 0 Å². The molecule has 0 aliphatic rings. The Kier molecular flexibility index (Phi) is 15.9. The fourth-order valence-corrected chi connectivity index (χ4v) is 2.14. The monoisotopic (exact) mass is 420 g/mol. The van der Waals surface area contributed by atoms with Crippen molar-refractivity contribution in [3.05, 3.63) is 99.8 Å². The molecule has 3 heteroatoms. The van der Waals surface area contributed by atoms with Crippen LogP contribution in [-0.2, 0) is 26.2 Å². The minimum atomic E-state index is 0. The first-order chi connectivity index (χ1) is 8.93. The van der Waals surface area contributed by atoms with E-state index in [0.29, 0.717) is 0 Å². The quantitative estimate of drug-likeness (QED) is 0.351. The van der Waals surface area contributed by atoms with Gasteiger partial charge in [0.15, 0.2) is 0 Å². The molecule has 0 saturated carbocycles. The van der Waals surface area contributed by atoms with E-state index in [1.807, 2.05) is 0 Å². The molecule has 0 spiro atoms. The van der Waals surface area contributed by atoms with Crippen molar-refractivity contribution >= 4 is 21.5 Å². The zero-order valence-electron chi connectivity index (χ0n) is 13.3. The van der Waals surface area contributed by atoms with E-state index in [0.717, 1.165) is 0 Å². The molecule has 0 bridgehead atoms. The van der Waals surface area contributed by atoms with Crippen molar-refractivity contribution in [1.29, 1.82) is 0 Å². The zero-order chi connectivity index (χ0) is 12.2. The topological polar surface area (TPSA) is 0 Å². The summed E-state index contributed by atoms with van der Waals surface area (Å²) in [6, 6.07) is 29.3. The molecule has 122 valence electrons. The van der Waals surface area contributed by atoms with E-state index in [-0.39, 0.29) is 65.9 Å². The van der Waals surface area contributed by atoms with E-state index in [1.165, 1.54) is 21.5 Å². The Balaban J connectivity index is -0.000000286. The van der Waals surface area contributed by atoms with Crippen molar-refractivity contribution in [1.82, 2.24) is 0 Å². The predicted octanol–water partition coefficient (Wildman–Crippen LogP) is 0.0235. The van der Waals surface area contributed by atoms with Gasteiger partial charge in [0, 0.05) is 0 Å². The summed E-state index contributed by atoms with van der Waals surface area (Å²) in [6.07, 6.45) is 0. The third-order valence-corrected chi connectivity index (χ3v) is 3.10. The summed E-state index contributed by atoms with van der Waals surface area (Å²) in [7, 11) is 0. The van der Waals surface area contributed by atoms with Crippen molar-refractivity contribution in [2.45, 2.75) is 0 Å². The summed E-state index contributed by atoms with van der Waals surface area (Å²) in [5, 5.41) is 5.32. The molecule has 0 saturated heterocycles. The summed E-state index contributed by atoms with van der Waals surface area (Å²) in [4.78, 5) is 0. The first-order valence-electron chi connectivity index (χ1n) is 6.14. The smallest absolute Gasteiger partial charge is 1.00 e. The van der Waals surface area contributed by atoms with Crippen molar-refractivity contribution in [3.8, 4) is 0 Å². The normalized spacial score (nSPS) is 8.00. The summed E-state index contributed by atoms with van der Waals surface area (Å²) >= 11 is 0. The molecule has 0 aromatic heterocycles. The molecule has 0 heterocycles. The molecule has 4 aromatic carbocycles. The van der Waals surface area contributed by atoms with Crippen LogP contribution in [0.1, 0.15) is 0 Å². The number of halogens is 2. The maximum absolute atomic E-state index is 2.12. The van der Waals surface area contributed by atoms with Gasteiger partial charge in [-0.3, -0.25) is 0 Å². The van der Waals surface area contributed by atoms with Crippen LogP contribution in [0.5, 0.6) is 0 Å². The summed E-state index contributed by atoms with van der Waals surface area (Å²) < 4.78 is 0. The third kappa shape index (κ3) is 7.04. The Morgan fingerprint density at radius 1 is 0.522 bits per heavy atom. The fourth-order valence-electron chi connectivity index (χ4n) is 2.14. The van der Waals surface area contributed by atoms with Crippen molar-refractivity contribution in [2.75, 3.05) is 0 Å². The summed E-state index contributed by atoms with van der Waals surface area (Å²) in [6.45, 7) is 0. The van der Waals surface area contributed by atoms with E-state index >= 15 is 0 Å². The van der Waals surface area contributed by atoms with Gasteiger partial charge >= 0.3 is 26.2 Å². The fraction of sp³-hybridized carbons (Fsp3) is 0. The van der Waals surface area contributed by atoms with E-state index in [1.54, 1.807) is 0 Å². The van der Waals surface area contributed by atoms with E-state index in [2.05, 4.69) is 84.9 Å². The molecular weight excluding hydrogens is 402 g/mol. The van der Waals surface area contributed by atoms with Gasteiger partial charge in [0.25, 0.3) is 0 Å². The SMILES string of the molecule is [CH3-].[CH3-].[Cl-].[Cl-].[Zr+2].c1ccc2[cH-]ccc2c1.c1ccc2[cH-]ccc2c1. The molecule has 0 radical (unpaired) electrons. The van der Waals surface area contributed by atoms with Crippen molar-refractivity contribution in [2.24, 2.45) is 0 Å². The van der Waals surface area contributed by atoms with Gasteiger partial charge in [0.2, 0.25) is 0 Å². The molecule has 0 atom stereocenters. The standard InChI is InChI=1S/2C9H7.2CH3.2ClH.Zr/c2*1-2-5-9-7-3-6-8(9)4-1;;;;;/h2*1-7H;2*1H3;2*1H;/q4*-1;;;+2/p-2. The Morgan fingerprint density at radius 3 is 1.22 bits per heavy atom. The molecule has 0 aliphatic carbocycles. The van der Waals surface area contributed by atoms with E-state index in [4.69, 9.17) is 0 Å². The molecule has 0 unspecified atom stereocenters. The first-order valence-corrected chi connectivity index (χ1v) is 6.14. The average Bonchev–Trinajstić information content (AvgIpc) is 3.08. The predicted molar refractivity (Wildman–Crippen MR) is 91.9 cm³/mol. The van der Waals surface area contributed by atoms with Gasteiger partial charge < -0.3 is 39.7 Å². The van der Waals surface area contributed by atoms with Crippen molar-refractivity contribution < 1.29 is 51.0 Å². The molecule has 23 heavy (non-hydrogen) atoms. The average molecular weight is 423 g/mol. The van der Waals surface area contributed by atoms with Gasteiger partial charge in [0.05, 0.1) is 0 Å². The van der Waals surface area contributed by atoms with Crippen LogP contribution in [0.2, 0.25) is 0 Å². The Bertz CT molecular complexity index is 630. The van der Waals surface area contributed by atoms with E-state index < -0.39 is 0 Å². The number of benzene rings is 2. The maximum atomic E-state index is 2.12. The largest absolute Gasteiger partial charge is 2.00 e. The maximum Gasteiger partial charge on any atom is 2.00 e. The minimum Gasteiger partial charge on any atom is -1.00 e. The Hall–Kier alpha value is -0.877. The van der Waals surface area contributed by atoms with Crippen LogP contribution in [0.3, 0.4) is 0 Å².